The minimum Gasteiger partial charge on any atom is -0.465 e. The molecule has 18 heavy (non-hydrogen) atoms. The summed E-state index contributed by atoms with van der Waals surface area (Å²) in [6, 6.07) is 4.12. The molecule has 3 rings (SSSR count). The predicted octanol–water partition coefficient (Wildman–Crippen LogP) is 2.40. The van der Waals surface area contributed by atoms with Crippen molar-refractivity contribution in [2.45, 2.75) is 13.3 Å². The van der Waals surface area contributed by atoms with Gasteiger partial charge in [-0.25, -0.2) is 4.79 Å². The Morgan fingerprint density at radius 3 is 2.89 bits per heavy atom. The molecule has 2 atom stereocenters. The van der Waals surface area contributed by atoms with E-state index in [1.807, 2.05) is 19.2 Å². The molecule has 4 heteroatoms. The number of fused-ring (bicyclic) bond motifs is 1. The maximum Gasteiger partial charge on any atom is 0.407 e. The lowest BCUT2D eigenvalue weighted by atomic mass is 9.99. The number of hydrogen-bond donors (Lipinski definition) is 1. The summed E-state index contributed by atoms with van der Waals surface area (Å²) in [4.78, 5) is 16.8. The van der Waals surface area contributed by atoms with E-state index >= 15 is 0 Å². The van der Waals surface area contributed by atoms with Gasteiger partial charge in [0.1, 0.15) is 0 Å². The van der Waals surface area contributed by atoms with Crippen LogP contribution in [0, 0.1) is 18.8 Å². The minimum absolute atomic E-state index is 0.386. The third kappa shape index (κ3) is 1.88. The van der Waals surface area contributed by atoms with Crippen LogP contribution in [0.4, 0.5) is 4.79 Å². The van der Waals surface area contributed by atoms with E-state index < -0.39 is 6.09 Å². The third-order valence-electron chi connectivity index (χ3n) is 3.94. The highest BCUT2D eigenvalue weighted by Crippen LogP contribution is 2.40. The van der Waals surface area contributed by atoms with Crippen molar-refractivity contribution in [3.05, 3.63) is 35.7 Å². The Labute approximate surface area is 106 Å². The first-order valence-electron chi connectivity index (χ1n) is 6.25. The zero-order chi connectivity index (χ0) is 12.7. The van der Waals surface area contributed by atoms with Crippen molar-refractivity contribution in [2.24, 2.45) is 11.8 Å². The second kappa shape index (κ2) is 4.12. The molecule has 1 aromatic heterocycles. The predicted molar refractivity (Wildman–Crippen MR) is 68.1 cm³/mol. The SMILES string of the molecule is Cc1ccc(C2=C[C@H]3CN(C(=O)O)C[C@H]3C2)cn1. The van der Waals surface area contributed by atoms with Crippen molar-refractivity contribution in [3.8, 4) is 0 Å². The molecule has 1 N–H and O–H groups in total. The standard InChI is InChI=1S/C14H16N2O2/c1-9-2-3-10(6-15-9)11-4-12-7-16(14(17)18)8-13(12)5-11/h2-4,6,12-13H,5,7-8H2,1H3,(H,17,18)/t12-,13+/m0/s1. The Hall–Kier alpha value is -1.84. The van der Waals surface area contributed by atoms with Gasteiger partial charge in [0.25, 0.3) is 0 Å². The fourth-order valence-electron chi connectivity index (χ4n) is 2.94. The third-order valence-corrected chi connectivity index (χ3v) is 3.94. The fraction of sp³-hybridized carbons (Fsp3) is 0.429. The number of amides is 1. The largest absolute Gasteiger partial charge is 0.465 e. The van der Waals surface area contributed by atoms with Gasteiger partial charge in [-0.2, -0.15) is 0 Å². The van der Waals surface area contributed by atoms with Gasteiger partial charge in [0.2, 0.25) is 0 Å². The van der Waals surface area contributed by atoms with Crippen molar-refractivity contribution < 1.29 is 9.90 Å². The number of carbonyl (C=O) groups is 1. The normalized spacial score (nSPS) is 26.1. The van der Waals surface area contributed by atoms with Gasteiger partial charge in [0, 0.05) is 25.0 Å². The number of nitrogens with zero attached hydrogens (tertiary/aromatic N) is 2. The highest BCUT2D eigenvalue weighted by Gasteiger charge is 2.38. The van der Waals surface area contributed by atoms with Crippen LogP contribution in [0.15, 0.2) is 24.4 Å². The summed E-state index contributed by atoms with van der Waals surface area (Å²) >= 11 is 0. The molecule has 0 saturated carbocycles. The molecule has 94 valence electrons. The Kier molecular flexibility index (Phi) is 2.58. The van der Waals surface area contributed by atoms with Crippen molar-refractivity contribution in [1.82, 2.24) is 9.88 Å². The smallest absolute Gasteiger partial charge is 0.407 e. The second-order valence-corrected chi connectivity index (χ2v) is 5.20. The highest BCUT2D eigenvalue weighted by molar-refractivity contribution is 5.70. The van der Waals surface area contributed by atoms with Crippen LogP contribution in [-0.2, 0) is 0 Å². The molecule has 0 bridgehead atoms. The van der Waals surface area contributed by atoms with Gasteiger partial charge in [-0.05, 0) is 42.4 Å². The first kappa shape index (κ1) is 11.3. The van der Waals surface area contributed by atoms with Crippen LogP contribution in [0.5, 0.6) is 0 Å². The molecule has 1 amide bonds. The Morgan fingerprint density at radius 2 is 2.28 bits per heavy atom. The van der Waals surface area contributed by atoms with E-state index in [1.54, 1.807) is 0 Å². The molecule has 1 aliphatic carbocycles. The highest BCUT2D eigenvalue weighted by atomic mass is 16.4. The maximum absolute atomic E-state index is 10.9. The van der Waals surface area contributed by atoms with Gasteiger partial charge < -0.3 is 10.0 Å². The maximum atomic E-state index is 10.9. The van der Waals surface area contributed by atoms with Gasteiger partial charge in [-0.3, -0.25) is 4.98 Å². The summed E-state index contributed by atoms with van der Waals surface area (Å²) in [7, 11) is 0. The first-order chi connectivity index (χ1) is 8.63. The molecule has 2 aliphatic rings. The van der Waals surface area contributed by atoms with Gasteiger partial charge in [0.15, 0.2) is 0 Å². The van der Waals surface area contributed by atoms with Crippen molar-refractivity contribution >= 4 is 11.7 Å². The van der Waals surface area contributed by atoms with Crippen LogP contribution < -0.4 is 0 Å². The van der Waals surface area contributed by atoms with Gasteiger partial charge in [0.05, 0.1) is 0 Å². The van der Waals surface area contributed by atoms with E-state index in [4.69, 9.17) is 5.11 Å². The zero-order valence-electron chi connectivity index (χ0n) is 10.3. The summed E-state index contributed by atoms with van der Waals surface area (Å²) in [6.45, 7) is 3.29. The summed E-state index contributed by atoms with van der Waals surface area (Å²) in [5, 5.41) is 8.98. The van der Waals surface area contributed by atoms with E-state index in [0.29, 0.717) is 24.9 Å². The molecule has 0 radical (unpaired) electrons. The topological polar surface area (TPSA) is 53.4 Å². The summed E-state index contributed by atoms with van der Waals surface area (Å²) in [5.74, 6) is 0.842. The first-order valence-corrected chi connectivity index (χ1v) is 6.25. The average Bonchev–Trinajstić information content (AvgIpc) is 2.87. The van der Waals surface area contributed by atoms with E-state index in [1.165, 1.54) is 16.0 Å². The summed E-state index contributed by atoms with van der Waals surface area (Å²) in [6.07, 6.45) is 4.33. The minimum atomic E-state index is -0.795. The molecule has 1 aliphatic heterocycles. The average molecular weight is 244 g/mol. The van der Waals surface area contributed by atoms with E-state index in [2.05, 4.69) is 17.1 Å². The summed E-state index contributed by atoms with van der Waals surface area (Å²) in [5.41, 5.74) is 3.52. The van der Waals surface area contributed by atoms with Crippen LogP contribution in [-0.4, -0.2) is 34.2 Å². The van der Waals surface area contributed by atoms with Gasteiger partial charge in [-0.15, -0.1) is 0 Å². The Bertz CT molecular complexity index is 507. The number of allylic oxidation sites excluding steroid dienone is 1. The molecule has 0 spiro atoms. The zero-order valence-corrected chi connectivity index (χ0v) is 10.3. The second-order valence-electron chi connectivity index (χ2n) is 5.20. The van der Waals surface area contributed by atoms with Crippen molar-refractivity contribution in [3.63, 3.8) is 0 Å². The number of aryl methyl sites for hydroxylation is 1. The molecule has 0 aromatic carbocycles. The molecule has 2 heterocycles. The Balaban J connectivity index is 1.77. The lowest BCUT2D eigenvalue weighted by molar-refractivity contribution is 0.153. The van der Waals surface area contributed by atoms with Gasteiger partial charge in [-0.1, -0.05) is 12.1 Å². The lowest BCUT2D eigenvalue weighted by Crippen LogP contribution is -2.27. The van der Waals surface area contributed by atoms with Crippen LogP contribution in [0.25, 0.3) is 5.57 Å². The van der Waals surface area contributed by atoms with Crippen LogP contribution >= 0.6 is 0 Å². The van der Waals surface area contributed by atoms with Gasteiger partial charge >= 0.3 is 6.09 Å². The van der Waals surface area contributed by atoms with Crippen molar-refractivity contribution in [2.75, 3.05) is 13.1 Å². The molecule has 1 saturated heterocycles. The molecule has 1 aromatic rings. The number of hydrogen-bond acceptors (Lipinski definition) is 2. The van der Waals surface area contributed by atoms with Crippen molar-refractivity contribution in [1.29, 1.82) is 0 Å². The summed E-state index contributed by atoms with van der Waals surface area (Å²) < 4.78 is 0. The number of aromatic nitrogens is 1. The number of rotatable bonds is 1. The number of pyridine rings is 1. The van der Waals surface area contributed by atoms with E-state index in [0.717, 1.165) is 12.1 Å². The Morgan fingerprint density at radius 1 is 1.44 bits per heavy atom. The van der Waals surface area contributed by atoms with E-state index in [9.17, 15) is 4.79 Å². The molecule has 1 fully saturated rings. The van der Waals surface area contributed by atoms with Crippen LogP contribution in [0.3, 0.4) is 0 Å². The molecule has 4 nitrogen and oxygen atoms in total. The molecular formula is C14H16N2O2. The number of carboxylic acid groups (broad SMARTS) is 1. The number of likely N-dealkylation sites (tertiary alicyclic amines) is 1. The monoisotopic (exact) mass is 244 g/mol. The van der Waals surface area contributed by atoms with Crippen LogP contribution in [0.2, 0.25) is 0 Å². The van der Waals surface area contributed by atoms with E-state index in [-0.39, 0.29) is 0 Å². The molecular weight excluding hydrogens is 228 g/mol. The fourth-order valence-corrected chi connectivity index (χ4v) is 2.94. The van der Waals surface area contributed by atoms with Crippen LogP contribution in [0.1, 0.15) is 17.7 Å². The lowest BCUT2D eigenvalue weighted by Gasteiger charge is -2.12. The molecule has 0 unspecified atom stereocenters. The quantitative estimate of drug-likeness (QED) is 0.825.